The van der Waals surface area contributed by atoms with E-state index in [2.05, 4.69) is 43.6 Å². The molecule has 0 heterocycles. The molecule has 0 aliphatic heterocycles. The van der Waals surface area contributed by atoms with Gasteiger partial charge in [0, 0.05) is 10.2 Å². The number of benzene rings is 2. The van der Waals surface area contributed by atoms with Crippen molar-refractivity contribution in [3.05, 3.63) is 47.8 Å². The van der Waals surface area contributed by atoms with Gasteiger partial charge in [-0.1, -0.05) is 74.0 Å². The van der Waals surface area contributed by atoms with Crippen LogP contribution in [0, 0.1) is 17.2 Å². The quantitative estimate of drug-likeness (QED) is 0.527. The van der Waals surface area contributed by atoms with Crippen molar-refractivity contribution in [3.63, 3.8) is 0 Å². The van der Waals surface area contributed by atoms with Gasteiger partial charge in [0.25, 0.3) is 0 Å². The van der Waals surface area contributed by atoms with Crippen LogP contribution in [0.3, 0.4) is 0 Å². The van der Waals surface area contributed by atoms with E-state index >= 15 is 0 Å². The van der Waals surface area contributed by atoms with Crippen LogP contribution in [0.15, 0.2) is 36.4 Å². The summed E-state index contributed by atoms with van der Waals surface area (Å²) in [7, 11) is 0. The van der Waals surface area contributed by atoms with Gasteiger partial charge in [-0.3, -0.25) is 0 Å². The van der Waals surface area contributed by atoms with Crippen LogP contribution in [-0.4, -0.2) is 0 Å². The smallest absolute Gasteiger partial charge is 0.131 e. The molecule has 0 amide bonds. The van der Waals surface area contributed by atoms with E-state index in [0.29, 0.717) is 16.7 Å². The average Bonchev–Trinajstić information content (AvgIpc) is 2.37. The minimum atomic E-state index is -0.142. The van der Waals surface area contributed by atoms with Crippen molar-refractivity contribution >= 4 is 26.7 Å². The molecule has 0 aromatic heterocycles. The molecule has 2 aromatic carbocycles. The third-order valence-corrected chi connectivity index (χ3v) is 4.68. The Morgan fingerprint density at radius 2 is 1.67 bits per heavy atom. The van der Waals surface area contributed by atoms with Crippen LogP contribution < -0.4 is 0 Å². The lowest BCUT2D eigenvalue weighted by Gasteiger charge is -2.25. The lowest BCUT2D eigenvalue weighted by Crippen LogP contribution is -2.12. The maximum absolute atomic E-state index is 13.9. The van der Waals surface area contributed by atoms with Crippen molar-refractivity contribution in [3.8, 4) is 0 Å². The van der Waals surface area contributed by atoms with Crippen LogP contribution in [0.4, 0.5) is 4.39 Å². The lowest BCUT2D eigenvalue weighted by atomic mass is 9.83. The number of fused-ring (bicyclic) bond motifs is 1. The molecule has 0 saturated carbocycles. The summed E-state index contributed by atoms with van der Waals surface area (Å²) < 4.78 is 13.9. The van der Waals surface area contributed by atoms with E-state index in [-0.39, 0.29) is 10.6 Å². The zero-order valence-electron chi connectivity index (χ0n) is 13.3. The second-order valence-electron chi connectivity index (χ2n) is 7.26. The molecule has 0 fully saturated rings. The van der Waals surface area contributed by atoms with E-state index in [9.17, 15) is 4.39 Å². The van der Waals surface area contributed by atoms with Gasteiger partial charge in [0.2, 0.25) is 0 Å². The molecular weight excluding hydrogens is 327 g/mol. The first-order valence-electron chi connectivity index (χ1n) is 7.59. The molecule has 0 aliphatic rings. The Morgan fingerprint density at radius 3 is 2.29 bits per heavy atom. The van der Waals surface area contributed by atoms with E-state index in [0.717, 1.165) is 11.8 Å². The zero-order valence-corrected chi connectivity index (χ0v) is 14.9. The Balaban J connectivity index is 2.24. The molecule has 0 radical (unpaired) electrons. The van der Waals surface area contributed by atoms with Crippen molar-refractivity contribution in [2.75, 3.05) is 0 Å². The van der Waals surface area contributed by atoms with Crippen LogP contribution in [-0.2, 0) is 0 Å². The molecule has 2 aromatic rings. The molecule has 2 unspecified atom stereocenters. The average molecular weight is 351 g/mol. The van der Waals surface area contributed by atoms with Gasteiger partial charge in [-0.25, -0.2) is 4.39 Å². The second kappa shape index (κ2) is 6.48. The summed E-state index contributed by atoms with van der Waals surface area (Å²) in [5.41, 5.74) is 1.53. The molecule has 0 N–H and O–H groups in total. The molecule has 21 heavy (non-hydrogen) atoms. The van der Waals surface area contributed by atoms with E-state index in [1.54, 1.807) is 6.07 Å². The topological polar surface area (TPSA) is 0 Å². The minimum Gasteiger partial charge on any atom is -0.206 e. The van der Waals surface area contributed by atoms with Crippen molar-refractivity contribution in [1.29, 1.82) is 0 Å². The molecule has 2 heteroatoms. The summed E-state index contributed by atoms with van der Waals surface area (Å²) >= 11 is 3.82. The highest BCUT2D eigenvalue weighted by Crippen LogP contribution is 2.38. The van der Waals surface area contributed by atoms with Crippen molar-refractivity contribution in [1.82, 2.24) is 0 Å². The van der Waals surface area contributed by atoms with Crippen molar-refractivity contribution in [2.45, 2.75) is 45.4 Å². The van der Waals surface area contributed by atoms with Gasteiger partial charge < -0.3 is 0 Å². The first-order chi connectivity index (χ1) is 9.78. The molecule has 0 spiro atoms. The Bertz CT molecular complexity index is 612. The summed E-state index contributed by atoms with van der Waals surface area (Å²) in [5, 5.41) is 1.73. The Kier molecular flexibility index (Phi) is 5.08. The fourth-order valence-electron chi connectivity index (χ4n) is 3.17. The second-order valence-corrected chi connectivity index (χ2v) is 8.36. The summed E-state index contributed by atoms with van der Waals surface area (Å²) in [5.74, 6) is 0.481. The summed E-state index contributed by atoms with van der Waals surface area (Å²) in [6, 6.07) is 11.2. The van der Waals surface area contributed by atoms with Crippen LogP contribution >= 0.6 is 15.9 Å². The summed E-state index contributed by atoms with van der Waals surface area (Å²) in [6.45, 7) is 9.13. The minimum absolute atomic E-state index is 0.142. The van der Waals surface area contributed by atoms with Gasteiger partial charge in [-0.15, -0.1) is 0 Å². The number of hydrogen-bond acceptors (Lipinski definition) is 0. The fourth-order valence-corrected chi connectivity index (χ4v) is 4.21. The van der Waals surface area contributed by atoms with Gasteiger partial charge in [-0.2, -0.15) is 0 Å². The van der Waals surface area contributed by atoms with Gasteiger partial charge in [0.15, 0.2) is 0 Å². The number of hydrogen-bond donors (Lipinski definition) is 0. The molecular formula is C19H24BrF. The normalized spacial score (nSPS) is 15.1. The van der Waals surface area contributed by atoms with Crippen LogP contribution in [0.5, 0.6) is 0 Å². The maximum atomic E-state index is 13.9. The van der Waals surface area contributed by atoms with E-state index in [1.807, 2.05) is 30.3 Å². The third kappa shape index (κ3) is 4.29. The van der Waals surface area contributed by atoms with Gasteiger partial charge in [0.05, 0.1) is 0 Å². The first kappa shape index (κ1) is 16.5. The Labute approximate surface area is 135 Å². The predicted molar refractivity (Wildman–Crippen MR) is 93.4 cm³/mol. The lowest BCUT2D eigenvalue weighted by molar-refractivity contribution is 0.297. The van der Waals surface area contributed by atoms with Gasteiger partial charge in [-0.05, 0) is 41.2 Å². The SMILES string of the molecule is CC(CC(Br)c1ccc(F)c2ccccc12)CC(C)(C)C. The monoisotopic (exact) mass is 350 g/mol. The summed E-state index contributed by atoms with van der Waals surface area (Å²) in [6.07, 6.45) is 2.25. The molecule has 0 nitrogen and oxygen atoms in total. The van der Waals surface area contributed by atoms with Crippen LogP contribution in [0.2, 0.25) is 0 Å². The van der Waals surface area contributed by atoms with Crippen LogP contribution in [0.25, 0.3) is 10.8 Å². The Hall–Kier alpha value is -0.890. The highest BCUT2D eigenvalue weighted by atomic mass is 79.9. The predicted octanol–water partition coefficient (Wildman–Crippen LogP) is 6.88. The molecule has 2 atom stereocenters. The maximum Gasteiger partial charge on any atom is 0.131 e. The molecule has 114 valence electrons. The van der Waals surface area contributed by atoms with Gasteiger partial charge in [0.1, 0.15) is 5.82 Å². The number of halogens is 2. The molecule has 0 saturated heterocycles. The third-order valence-electron chi connectivity index (χ3n) is 3.81. The van der Waals surface area contributed by atoms with Gasteiger partial charge >= 0.3 is 0 Å². The standard InChI is InChI=1S/C19H24BrF/c1-13(12-19(2,3)4)11-17(20)15-9-10-18(21)16-8-6-5-7-14(15)16/h5-10,13,17H,11-12H2,1-4H3. The van der Waals surface area contributed by atoms with Crippen molar-refractivity contribution < 1.29 is 4.39 Å². The number of alkyl halides is 1. The largest absolute Gasteiger partial charge is 0.206 e. The van der Waals surface area contributed by atoms with E-state index in [4.69, 9.17) is 0 Å². The molecule has 0 bridgehead atoms. The van der Waals surface area contributed by atoms with Crippen LogP contribution in [0.1, 0.15) is 50.9 Å². The fraction of sp³-hybridized carbons (Fsp3) is 0.474. The van der Waals surface area contributed by atoms with E-state index < -0.39 is 0 Å². The first-order valence-corrected chi connectivity index (χ1v) is 8.51. The molecule has 2 rings (SSSR count). The number of rotatable bonds is 4. The van der Waals surface area contributed by atoms with Crippen molar-refractivity contribution in [2.24, 2.45) is 11.3 Å². The molecule has 0 aliphatic carbocycles. The summed E-state index contributed by atoms with van der Waals surface area (Å²) in [4.78, 5) is 0.264. The highest BCUT2D eigenvalue weighted by molar-refractivity contribution is 9.09. The zero-order chi connectivity index (χ0) is 15.6. The highest BCUT2D eigenvalue weighted by Gasteiger charge is 2.20. The van der Waals surface area contributed by atoms with E-state index in [1.165, 1.54) is 12.0 Å². The Morgan fingerprint density at radius 1 is 1.05 bits per heavy atom.